The van der Waals surface area contributed by atoms with E-state index in [9.17, 15) is 4.79 Å². The predicted molar refractivity (Wildman–Crippen MR) is 74.1 cm³/mol. The molecular formula is C15H23N3O. The third-order valence-corrected chi connectivity index (χ3v) is 4.74. The van der Waals surface area contributed by atoms with Crippen molar-refractivity contribution in [2.75, 3.05) is 0 Å². The van der Waals surface area contributed by atoms with E-state index >= 15 is 0 Å². The van der Waals surface area contributed by atoms with Gasteiger partial charge >= 0.3 is 0 Å². The third kappa shape index (κ3) is 2.46. The average Bonchev–Trinajstić information content (AvgIpc) is 2.94. The Kier molecular flexibility index (Phi) is 3.69. The monoisotopic (exact) mass is 261 g/mol. The maximum Gasteiger partial charge on any atom is 0.215 e. The van der Waals surface area contributed by atoms with Crippen molar-refractivity contribution in [2.45, 2.75) is 64.1 Å². The van der Waals surface area contributed by atoms with Crippen molar-refractivity contribution in [3.63, 3.8) is 0 Å². The summed E-state index contributed by atoms with van der Waals surface area (Å²) >= 11 is 0. The van der Waals surface area contributed by atoms with E-state index in [2.05, 4.69) is 10.3 Å². The number of nitrogens with one attached hydrogen (secondary N) is 1. The maximum absolute atomic E-state index is 12.6. The number of aromatic nitrogens is 2. The summed E-state index contributed by atoms with van der Waals surface area (Å²) in [6, 6.07) is 0.536. The predicted octanol–water partition coefficient (Wildman–Crippen LogP) is 2.40. The van der Waals surface area contributed by atoms with Crippen molar-refractivity contribution in [2.24, 2.45) is 5.92 Å². The molecule has 0 bridgehead atoms. The number of carbonyl (C=O) groups excluding carboxylic acids is 1. The standard InChI is InChI=1S/C15H23N3O/c1-2-18-10-9-16-15(18)14(19)13-8-7-11-5-3-4-6-12(11)17-13/h9-13,17H,2-8H2,1H3. The number of aryl methyl sites for hydroxylation is 1. The highest BCUT2D eigenvalue weighted by atomic mass is 16.1. The zero-order chi connectivity index (χ0) is 13.2. The Morgan fingerprint density at radius 1 is 1.37 bits per heavy atom. The number of carbonyl (C=O) groups is 1. The van der Waals surface area contributed by atoms with Gasteiger partial charge in [0.2, 0.25) is 5.78 Å². The number of ketones is 1. The smallest absolute Gasteiger partial charge is 0.215 e. The van der Waals surface area contributed by atoms with Gasteiger partial charge in [0, 0.05) is 25.0 Å². The highest BCUT2D eigenvalue weighted by molar-refractivity contribution is 5.97. The fraction of sp³-hybridized carbons (Fsp3) is 0.733. The van der Waals surface area contributed by atoms with Gasteiger partial charge in [-0.1, -0.05) is 12.8 Å². The first-order valence-corrected chi connectivity index (χ1v) is 7.61. The van der Waals surface area contributed by atoms with Crippen LogP contribution >= 0.6 is 0 Å². The van der Waals surface area contributed by atoms with Gasteiger partial charge < -0.3 is 9.88 Å². The number of hydrogen-bond acceptors (Lipinski definition) is 3. The van der Waals surface area contributed by atoms with Gasteiger partial charge in [0.05, 0.1) is 6.04 Å². The molecule has 3 unspecified atom stereocenters. The van der Waals surface area contributed by atoms with Gasteiger partial charge in [0.1, 0.15) is 0 Å². The molecule has 1 aromatic heterocycles. The van der Waals surface area contributed by atoms with Crippen molar-refractivity contribution in [1.29, 1.82) is 0 Å². The SMILES string of the molecule is CCn1ccnc1C(=O)C1CCC2CCCCC2N1. The Labute approximate surface area is 114 Å². The first-order chi connectivity index (χ1) is 9.29. The van der Waals surface area contributed by atoms with Crippen molar-refractivity contribution in [3.05, 3.63) is 18.2 Å². The quantitative estimate of drug-likeness (QED) is 0.850. The van der Waals surface area contributed by atoms with Crippen molar-refractivity contribution < 1.29 is 4.79 Å². The Hall–Kier alpha value is -1.16. The second-order valence-corrected chi connectivity index (χ2v) is 5.85. The van der Waals surface area contributed by atoms with E-state index in [1.54, 1.807) is 6.20 Å². The third-order valence-electron chi connectivity index (χ3n) is 4.74. The number of imidazole rings is 1. The first kappa shape index (κ1) is 12.9. The molecule has 104 valence electrons. The van der Waals surface area contributed by atoms with Crippen LogP contribution in [0.15, 0.2) is 12.4 Å². The fourth-order valence-electron chi connectivity index (χ4n) is 3.65. The summed E-state index contributed by atoms with van der Waals surface area (Å²) in [6.07, 6.45) is 11.0. The van der Waals surface area contributed by atoms with E-state index in [0.717, 1.165) is 18.9 Å². The summed E-state index contributed by atoms with van der Waals surface area (Å²) in [5, 5.41) is 3.59. The van der Waals surface area contributed by atoms with Crippen LogP contribution in [0.25, 0.3) is 0 Å². The minimum atomic E-state index is -0.0213. The molecule has 4 nitrogen and oxygen atoms in total. The Bertz CT molecular complexity index is 454. The van der Waals surface area contributed by atoms with Gasteiger partial charge in [-0.25, -0.2) is 4.98 Å². The Morgan fingerprint density at radius 2 is 2.21 bits per heavy atom. The van der Waals surface area contributed by atoms with Crippen LogP contribution < -0.4 is 5.32 Å². The molecule has 2 heterocycles. The minimum Gasteiger partial charge on any atom is -0.329 e. The number of nitrogens with zero attached hydrogens (tertiary/aromatic N) is 2. The Morgan fingerprint density at radius 3 is 3.05 bits per heavy atom. The second-order valence-electron chi connectivity index (χ2n) is 5.85. The van der Waals surface area contributed by atoms with E-state index in [4.69, 9.17) is 0 Å². The number of fused-ring (bicyclic) bond motifs is 1. The average molecular weight is 261 g/mol. The molecule has 3 rings (SSSR count). The Balaban J connectivity index is 1.71. The summed E-state index contributed by atoms with van der Waals surface area (Å²) in [4.78, 5) is 16.8. The van der Waals surface area contributed by atoms with Crippen LogP contribution in [0.5, 0.6) is 0 Å². The van der Waals surface area contributed by atoms with Crippen LogP contribution in [-0.2, 0) is 6.54 Å². The fourth-order valence-corrected chi connectivity index (χ4v) is 3.65. The van der Waals surface area contributed by atoms with Crippen LogP contribution in [0.1, 0.15) is 56.1 Å². The lowest BCUT2D eigenvalue weighted by molar-refractivity contribution is 0.0847. The zero-order valence-corrected chi connectivity index (χ0v) is 11.6. The highest BCUT2D eigenvalue weighted by Crippen LogP contribution is 2.32. The van der Waals surface area contributed by atoms with Gasteiger partial charge in [0.25, 0.3) is 0 Å². The molecule has 4 heteroatoms. The summed E-state index contributed by atoms with van der Waals surface area (Å²) in [7, 11) is 0. The summed E-state index contributed by atoms with van der Waals surface area (Å²) in [6.45, 7) is 2.85. The zero-order valence-electron chi connectivity index (χ0n) is 11.6. The number of piperidine rings is 1. The first-order valence-electron chi connectivity index (χ1n) is 7.61. The van der Waals surface area contributed by atoms with Crippen LogP contribution in [0, 0.1) is 5.92 Å². The second kappa shape index (κ2) is 5.45. The van der Waals surface area contributed by atoms with Crippen LogP contribution in [0.3, 0.4) is 0 Å². The number of hydrogen-bond donors (Lipinski definition) is 1. The van der Waals surface area contributed by atoms with Gasteiger partial charge in [0.15, 0.2) is 5.82 Å². The molecule has 0 aromatic carbocycles. The van der Waals surface area contributed by atoms with Crippen molar-refractivity contribution in [3.8, 4) is 0 Å². The van der Waals surface area contributed by atoms with Crippen molar-refractivity contribution in [1.82, 2.24) is 14.9 Å². The van der Waals surface area contributed by atoms with E-state index in [0.29, 0.717) is 11.9 Å². The molecule has 1 N–H and O–H groups in total. The normalized spacial score (nSPS) is 30.9. The van der Waals surface area contributed by atoms with Crippen LogP contribution in [-0.4, -0.2) is 27.4 Å². The topological polar surface area (TPSA) is 46.9 Å². The lowest BCUT2D eigenvalue weighted by atomic mass is 9.77. The summed E-state index contributed by atoms with van der Waals surface area (Å²) < 4.78 is 1.94. The van der Waals surface area contributed by atoms with Gasteiger partial charge in [-0.05, 0) is 38.5 Å². The molecule has 19 heavy (non-hydrogen) atoms. The van der Waals surface area contributed by atoms with Crippen molar-refractivity contribution >= 4 is 5.78 Å². The van der Waals surface area contributed by atoms with E-state index in [-0.39, 0.29) is 11.8 Å². The molecule has 1 aliphatic carbocycles. The molecular weight excluding hydrogens is 238 g/mol. The number of rotatable bonds is 3. The molecule has 3 atom stereocenters. The number of Topliss-reactive ketones (excluding diaryl/α,β-unsaturated/α-hetero) is 1. The molecule has 0 amide bonds. The summed E-state index contributed by atoms with van der Waals surface area (Å²) in [5.74, 6) is 1.59. The molecule has 2 aliphatic rings. The largest absolute Gasteiger partial charge is 0.329 e. The van der Waals surface area contributed by atoms with E-state index in [1.165, 1.54) is 32.1 Å². The van der Waals surface area contributed by atoms with Gasteiger partial charge in [-0.15, -0.1) is 0 Å². The van der Waals surface area contributed by atoms with E-state index < -0.39 is 0 Å². The lowest BCUT2D eigenvalue weighted by Crippen LogP contribution is -2.52. The molecule has 0 radical (unpaired) electrons. The molecule has 1 aliphatic heterocycles. The molecule has 1 saturated heterocycles. The van der Waals surface area contributed by atoms with Crippen LogP contribution in [0.4, 0.5) is 0 Å². The molecule has 2 fully saturated rings. The highest BCUT2D eigenvalue weighted by Gasteiger charge is 2.35. The molecule has 1 saturated carbocycles. The van der Waals surface area contributed by atoms with Gasteiger partial charge in [-0.2, -0.15) is 0 Å². The van der Waals surface area contributed by atoms with Gasteiger partial charge in [-0.3, -0.25) is 4.79 Å². The summed E-state index contributed by atoms with van der Waals surface area (Å²) in [5.41, 5.74) is 0. The maximum atomic E-state index is 12.6. The minimum absolute atomic E-state index is 0.0213. The molecule has 0 spiro atoms. The van der Waals surface area contributed by atoms with Crippen LogP contribution in [0.2, 0.25) is 0 Å². The lowest BCUT2D eigenvalue weighted by Gasteiger charge is -2.39. The van der Waals surface area contributed by atoms with E-state index in [1.807, 2.05) is 17.7 Å². The molecule has 1 aromatic rings.